The van der Waals surface area contributed by atoms with Gasteiger partial charge in [-0.05, 0) is 13.1 Å². The Hall–Kier alpha value is -2.21. The highest BCUT2D eigenvalue weighted by atomic mass is 19.5. The maximum atomic E-state index is 9.75. The van der Waals surface area contributed by atoms with E-state index in [2.05, 4.69) is 24.6 Å². The Labute approximate surface area is 203 Å². The molecule has 0 aromatic rings. The van der Waals surface area contributed by atoms with E-state index in [1.807, 2.05) is 17.3 Å². The van der Waals surface area contributed by atoms with E-state index < -0.39 is 43.5 Å². The van der Waals surface area contributed by atoms with Crippen LogP contribution in [0, 0.1) is 0 Å². The van der Waals surface area contributed by atoms with Gasteiger partial charge in [-0.1, -0.05) is 6.58 Å². The maximum Gasteiger partial charge on any atom is 0.673 e. The van der Waals surface area contributed by atoms with Crippen LogP contribution in [0.25, 0.3) is 0 Å². The van der Waals surface area contributed by atoms with Gasteiger partial charge in [0.2, 0.25) is 0 Å². The fourth-order valence-corrected chi connectivity index (χ4v) is 0.808. The molecule has 0 spiro atoms. The van der Waals surface area contributed by atoms with E-state index in [0.29, 0.717) is 0 Å². The van der Waals surface area contributed by atoms with Crippen molar-refractivity contribution in [3.8, 4) is 0 Å². The Morgan fingerprint density at radius 3 is 0.744 bits per heavy atom. The average molecular weight is 645 g/mol. The monoisotopic (exact) mass is 646 g/mol. The summed E-state index contributed by atoms with van der Waals surface area (Å²) in [4.78, 5) is 4.26. The Balaban J connectivity index is -0.0000000830. The van der Waals surface area contributed by atoms with E-state index in [9.17, 15) is 104 Å². The average Bonchev–Trinajstić information content (AvgIpc) is 2.93. The molecule has 32 heteroatoms. The molecular weight excluding hydrogens is 633 g/mol. The van der Waals surface area contributed by atoms with Crippen molar-refractivity contribution in [1.29, 1.82) is 0 Å². The fourth-order valence-electron chi connectivity index (χ4n) is 0.808. The smallest absolute Gasteiger partial charge is 0.418 e. The third-order valence-electron chi connectivity index (χ3n) is 1.45. The highest BCUT2D eigenvalue weighted by molar-refractivity contribution is 6.51. The van der Waals surface area contributed by atoms with E-state index in [4.69, 9.17) is 0 Å². The maximum absolute atomic E-state index is 9.75. The standard InChI is InChI=1S/C7H12N2.6BF4/c1-3-8-5-6-9(4-2)7-8;6*2-1(3,4)5/h3,5-6H,1,4,7H2,2H3;;;;;;/q;6*-1. The molecule has 0 amide bonds. The summed E-state index contributed by atoms with van der Waals surface area (Å²) < 4.78 is 234. The van der Waals surface area contributed by atoms with Crippen molar-refractivity contribution >= 4 is 43.5 Å². The number of hydrogen-bond donors (Lipinski definition) is 0. The molecule has 39 heavy (non-hydrogen) atoms. The zero-order valence-electron chi connectivity index (χ0n) is 18.3. The first-order valence-corrected chi connectivity index (χ1v) is 8.41. The number of hydrogen-bond acceptors (Lipinski definition) is 2. The van der Waals surface area contributed by atoms with Crippen molar-refractivity contribution in [2.75, 3.05) is 13.2 Å². The summed E-state index contributed by atoms with van der Waals surface area (Å²) in [5, 5.41) is 0. The molecule has 0 N–H and O–H groups in total. The van der Waals surface area contributed by atoms with Gasteiger partial charge in [0.25, 0.3) is 0 Å². The molecule has 0 bridgehead atoms. The SMILES string of the molecule is C=CN1C=CN(CC)C1.F[B-](F)(F)F.F[B-](F)(F)F.F[B-](F)(F)F.F[B-](F)(F)F.F[B-](F)(F)F.F[B-](F)(F)F. The third kappa shape index (κ3) is 351. The van der Waals surface area contributed by atoms with Crippen LogP contribution in [-0.2, 0) is 0 Å². The molecule has 0 atom stereocenters. The summed E-state index contributed by atoms with van der Waals surface area (Å²) in [5.41, 5.74) is 0. The second kappa shape index (κ2) is 21.6. The normalized spacial score (nSPS) is 13.2. The van der Waals surface area contributed by atoms with Crippen LogP contribution in [0.5, 0.6) is 0 Å². The van der Waals surface area contributed by atoms with Gasteiger partial charge in [0.05, 0.1) is 6.67 Å². The van der Waals surface area contributed by atoms with Crippen LogP contribution in [0.4, 0.5) is 104 Å². The molecule has 0 aliphatic carbocycles. The van der Waals surface area contributed by atoms with Crippen LogP contribution < -0.4 is 0 Å². The van der Waals surface area contributed by atoms with Crippen LogP contribution in [0.3, 0.4) is 0 Å². The van der Waals surface area contributed by atoms with E-state index in [1.165, 1.54) is 0 Å². The highest BCUT2D eigenvalue weighted by Crippen LogP contribution is 2.09. The molecule has 1 aliphatic heterocycles. The second-order valence-corrected chi connectivity index (χ2v) is 5.01. The van der Waals surface area contributed by atoms with Gasteiger partial charge < -0.3 is 113 Å². The molecule has 0 saturated carbocycles. The van der Waals surface area contributed by atoms with Gasteiger partial charge in [-0.3, -0.25) is 0 Å². The molecule has 0 unspecified atom stereocenters. The Morgan fingerprint density at radius 2 is 0.667 bits per heavy atom. The summed E-state index contributed by atoms with van der Waals surface area (Å²) in [6.45, 7) is 7.82. The molecule has 0 saturated heterocycles. The Kier molecular flexibility index (Phi) is 27.5. The van der Waals surface area contributed by atoms with Crippen molar-refractivity contribution in [2.24, 2.45) is 0 Å². The van der Waals surface area contributed by atoms with E-state index in [-0.39, 0.29) is 0 Å². The minimum atomic E-state index is -6.00. The second-order valence-electron chi connectivity index (χ2n) is 5.01. The molecule has 1 heterocycles. The zero-order valence-corrected chi connectivity index (χ0v) is 18.3. The zero-order chi connectivity index (χ0) is 33.7. The van der Waals surface area contributed by atoms with Crippen molar-refractivity contribution < 1.29 is 104 Å². The van der Waals surface area contributed by atoms with Crippen molar-refractivity contribution in [1.82, 2.24) is 9.80 Å². The van der Waals surface area contributed by atoms with Crippen molar-refractivity contribution in [2.45, 2.75) is 6.92 Å². The summed E-state index contributed by atoms with van der Waals surface area (Å²) in [5.74, 6) is 0. The van der Waals surface area contributed by atoms with Gasteiger partial charge in [-0.15, -0.1) is 0 Å². The minimum Gasteiger partial charge on any atom is -0.418 e. The van der Waals surface area contributed by atoms with E-state index in [0.717, 1.165) is 13.2 Å². The topological polar surface area (TPSA) is 6.48 Å². The highest BCUT2D eigenvalue weighted by Gasteiger charge is 2.22. The van der Waals surface area contributed by atoms with E-state index in [1.54, 1.807) is 0 Å². The molecule has 0 aromatic heterocycles. The molecular formula is C7H12B6F24N2-6. The molecule has 0 aromatic carbocycles. The number of halogens is 24. The van der Waals surface area contributed by atoms with Crippen LogP contribution in [-0.4, -0.2) is 66.5 Å². The summed E-state index contributed by atoms with van der Waals surface area (Å²) in [7, 11) is -36.0. The quantitative estimate of drug-likeness (QED) is 0.219. The van der Waals surface area contributed by atoms with Gasteiger partial charge in [0, 0.05) is 18.9 Å². The largest absolute Gasteiger partial charge is 0.673 e. The van der Waals surface area contributed by atoms with Gasteiger partial charge in [0.1, 0.15) is 0 Å². The van der Waals surface area contributed by atoms with Gasteiger partial charge >= 0.3 is 43.5 Å². The first-order chi connectivity index (χ1) is 16.4. The van der Waals surface area contributed by atoms with Gasteiger partial charge in [-0.25, -0.2) is 0 Å². The van der Waals surface area contributed by atoms with Gasteiger partial charge in [0.15, 0.2) is 0 Å². The van der Waals surface area contributed by atoms with Crippen LogP contribution in [0.15, 0.2) is 25.2 Å². The molecule has 0 fully saturated rings. The first-order valence-electron chi connectivity index (χ1n) is 8.41. The van der Waals surface area contributed by atoms with Gasteiger partial charge in [-0.2, -0.15) is 0 Å². The first kappa shape index (κ1) is 49.7. The lowest BCUT2D eigenvalue weighted by atomic mass is 10.3. The molecule has 1 rings (SSSR count). The third-order valence-corrected chi connectivity index (χ3v) is 1.45. The summed E-state index contributed by atoms with van der Waals surface area (Å²) in [6.07, 6.45) is 5.92. The van der Waals surface area contributed by atoms with E-state index >= 15 is 0 Å². The molecule has 1 aliphatic rings. The van der Waals surface area contributed by atoms with Crippen molar-refractivity contribution in [3.05, 3.63) is 25.2 Å². The molecule has 242 valence electrons. The van der Waals surface area contributed by atoms with Crippen molar-refractivity contribution in [3.63, 3.8) is 0 Å². The number of nitrogens with zero attached hydrogens (tertiary/aromatic N) is 2. The summed E-state index contributed by atoms with van der Waals surface area (Å²) >= 11 is 0. The predicted octanol–water partition coefficient (Wildman–Crippen LogP) is 9.00. The number of rotatable bonds is 2. The van der Waals surface area contributed by atoms with Crippen LogP contribution >= 0.6 is 0 Å². The van der Waals surface area contributed by atoms with Crippen LogP contribution in [0.2, 0.25) is 0 Å². The summed E-state index contributed by atoms with van der Waals surface area (Å²) in [6, 6.07) is 0. The lowest BCUT2D eigenvalue weighted by Gasteiger charge is -2.15. The lowest BCUT2D eigenvalue weighted by Crippen LogP contribution is -2.20. The predicted molar refractivity (Wildman–Crippen MR) is 99.5 cm³/mol. The fraction of sp³-hybridized carbons (Fsp3) is 0.429. The Morgan fingerprint density at radius 1 is 0.487 bits per heavy atom. The van der Waals surface area contributed by atoms with Crippen LogP contribution in [0.1, 0.15) is 6.92 Å². The molecule has 2 nitrogen and oxygen atoms in total. The Bertz CT molecular complexity index is 460. The molecule has 0 radical (unpaired) electrons. The minimum absolute atomic E-state index is 0.958. The lowest BCUT2D eigenvalue weighted by molar-refractivity contribution is 0.328.